The number of halogens is 2. The van der Waals surface area contributed by atoms with Gasteiger partial charge in [-0.25, -0.2) is 4.39 Å². The van der Waals surface area contributed by atoms with Gasteiger partial charge in [-0.1, -0.05) is 34.1 Å². The molecule has 2 aromatic rings. The number of hydrogen-bond donors (Lipinski definition) is 2. The van der Waals surface area contributed by atoms with Crippen molar-refractivity contribution in [1.29, 1.82) is 0 Å². The molecule has 154 valence electrons. The lowest BCUT2D eigenvalue weighted by Crippen LogP contribution is -2.49. The van der Waals surface area contributed by atoms with Crippen molar-refractivity contribution in [3.05, 3.63) is 69.4 Å². The van der Waals surface area contributed by atoms with E-state index in [4.69, 9.17) is 4.74 Å². The molecule has 29 heavy (non-hydrogen) atoms. The first-order valence-electron chi connectivity index (χ1n) is 9.59. The molecule has 0 aromatic heterocycles. The lowest BCUT2D eigenvalue weighted by atomic mass is 9.73. The summed E-state index contributed by atoms with van der Waals surface area (Å²) < 4.78 is 20.0. The second-order valence-corrected chi connectivity index (χ2v) is 8.09. The number of carbonyl (C=O) groups excluding carboxylic acids is 2. The molecular formula is C22H24BrFN2O3. The third-order valence-corrected chi connectivity index (χ3v) is 5.84. The number of aryl methyl sites for hydroxylation is 1. The fraction of sp³-hybridized carbons (Fsp3) is 0.364. The van der Waals surface area contributed by atoms with Gasteiger partial charge in [-0.2, -0.15) is 0 Å². The van der Waals surface area contributed by atoms with E-state index < -0.39 is 11.2 Å². The summed E-state index contributed by atoms with van der Waals surface area (Å²) in [4.78, 5) is 25.2. The second kappa shape index (κ2) is 9.50. The van der Waals surface area contributed by atoms with Crippen molar-refractivity contribution in [2.45, 2.75) is 25.2 Å². The predicted molar refractivity (Wildman–Crippen MR) is 112 cm³/mol. The van der Waals surface area contributed by atoms with Crippen LogP contribution in [0.15, 0.2) is 46.9 Å². The number of carbonyl (C=O) groups is 2. The highest BCUT2D eigenvalue weighted by molar-refractivity contribution is 9.10. The fourth-order valence-corrected chi connectivity index (χ4v) is 3.76. The van der Waals surface area contributed by atoms with Crippen LogP contribution < -0.4 is 10.6 Å². The maximum absolute atomic E-state index is 13.6. The molecule has 0 unspecified atom stereocenters. The van der Waals surface area contributed by atoms with E-state index >= 15 is 0 Å². The molecule has 1 saturated heterocycles. The van der Waals surface area contributed by atoms with Gasteiger partial charge in [0.15, 0.2) is 0 Å². The number of ether oxygens (including phenoxy) is 1. The largest absolute Gasteiger partial charge is 0.381 e. The van der Waals surface area contributed by atoms with Crippen LogP contribution in [0.25, 0.3) is 0 Å². The lowest BCUT2D eigenvalue weighted by molar-refractivity contribution is -0.130. The van der Waals surface area contributed by atoms with Crippen molar-refractivity contribution in [2.75, 3.05) is 26.3 Å². The summed E-state index contributed by atoms with van der Waals surface area (Å²) in [6.07, 6.45) is 1.21. The van der Waals surface area contributed by atoms with Crippen LogP contribution in [0.1, 0.15) is 34.3 Å². The number of rotatable bonds is 6. The van der Waals surface area contributed by atoms with E-state index in [1.54, 1.807) is 19.1 Å². The zero-order chi connectivity index (χ0) is 20.9. The van der Waals surface area contributed by atoms with Gasteiger partial charge >= 0.3 is 0 Å². The summed E-state index contributed by atoms with van der Waals surface area (Å²) in [6, 6.07) is 12.1. The minimum atomic E-state index is -0.636. The van der Waals surface area contributed by atoms with Crippen LogP contribution in [0.2, 0.25) is 0 Å². The van der Waals surface area contributed by atoms with Crippen molar-refractivity contribution >= 4 is 27.7 Å². The molecular weight excluding hydrogens is 439 g/mol. The van der Waals surface area contributed by atoms with Crippen LogP contribution in [0.3, 0.4) is 0 Å². The molecule has 2 amide bonds. The standard InChI is InChI=1S/C22H24BrFN2O3/c1-15-2-3-16(14-19(15)24)20(27)25-10-11-26-21(28)22(8-12-29-13-9-22)17-4-6-18(23)7-5-17/h2-7,14H,8-13H2,1H3,(H,25,27)(H,26,28). The molecule has 3 rings (SSSR count). The third kappa shape index (κ3) is 5.03. The van der Waals surface area contributed by atoms with Gasteiger partial charge < -0.3 is 15.4 Å². The fourth-order valence-electron chi connectivity index (χ4n) is 3.49. The lowest BCUT2D eigenvalue weighted by Gasteiger charge is -2.36. The van der Waals surface area contributed by atoms with Crippen molar-refractivity contribution in [1.82, 2.24) is 10.6 Å². The van der Waals surface area contributed by atoms with Crippen LogP contribution >= 0.6 is 15.9 Å². The number of nitrogens with one attached hydrogen (secondary N) is 2. The quantitative estimate of drug-likeness (QED) is 0.645. The molecule has 0 aliphatic carbocycles. The Morgan fingerprint density at radius 1 is 1.07 bits per heavy atom. The van der Waals surface area contributed by atoms with E-state index in [1.165, 1.54) is 6.07 Å². The number of hydrogen-bond acceptors (Lipinski definition) is 3. The smallest absolute Gasteiger partial charge is 0.251 e. The Morgan fingerprint density at radius 2 is 1.72 bits per heavy atom. The Hall–Kier alpha value is -2.25. The van der Waals surface area contributed by atoms with Gasteiger partial charge in [0, 0.05) is 36.3 Å². The van der Waals surface area contributed by atoms with Gasteiger partial charge in [-0.3, -0.25) is 9.59 Å². The molecule has 1 aliphatic rings. The predicted octanol–water partition coefficient (Wildman–Crippen LogP) is 3.49. The van der Waals surface area contributed by atoms with Crippen LogP contribution in [-0.4, -0.2) is 38.1 Å². The van der Waals surface area contributed by atoms with Crippen molar-refractivity contribution in [3.63, 3.8) is 0 Å². The summed E-state index contributed by atoms with van der Waals surface area (Å²) in [5, 5.41) is 5.65. The third-order valence-electron chi connectivity index (χ3n) is 5.31. The Kier molecular flexibility index (Phi) is 7.03. The van der Waals surface area contributed by atoms with E-state index in [1.807, 2.05) is 24.3 Å². The van der Waals surface area contributed by atoms with Crippen LogP contribution in [0.4, 0.5) is 4.39 Å². The molecule has 2 N–H and O–H groups in total. The molecule has 1 aliphatic heterocycles. The monoisotopic (exact) mass is 462 g/mol. The molecule has 0 radical (unpaired) electrons. The molecule has 0 spiro atoms. The number of amides is 2. The first kappa shape index (κ1) is 21.5. The SMILES string of the molecule is Cc1ccc(C(=O)NCCNC(=O)C2(c3ccc(Br)cc3)CCOCC2)cc1F. The molecule has 5 nitrogen and oxygen atoms in total. The van der Waals surface area contributed by atoms with E-state index in [0.29, 0.717) is 31.6 Å². The van der Waals surface area contributed by atoms with E-state index in [2.05, 4.69) is 26.6 Å². The topological polar surface area (TPSA) is 67.4 Å². The van der Waals surface area contributed by atoms with Gasteiger partial charge in [0.1, 0.15) is 5.82 Å². The van der Waals surface area contributed by atoms with E-state index in [9.17, 15) is 14.0 Å². The molecule has 1 heterocycles. The first-order valence-corrected chi connectivity index (χ1v) is 10.4. The minimum Gasteiger partial charge on any atom is -0.381 e. The summed E-state index contributed by atoms with van der Waals surface area (Å²) in [6.45, 7) is 3.24. The van der Waals surface area contributed by atoms with Gasteiger partial charge in [0.25, 0.3) is 5.91 Å². The molecule has 1 fully saturated rings. The summed E-state index contributed by atoms with van der Waals surface area (Å²) in [5.41, 5.74) is 1.07. The Morgan fingerprint density at radius 3 is 2.38 bits per heavy atom. The molecule has 0 saturated carbocycles. The molecule has 0 atom stereocenters. The highest BCUT2D eigenvalue weighted by Gasteiger charge is 2.41. The molecule has 0 bridgehead atoms. The van der Waals surface area contributed by atoms with Crippen molar-refractivity contribution in [3.8, 4) is 0 Å². The average molecular weight is 463 g/mol. The van der Waals surface area contributed by atoms with Gasteiger partial charge in [-0.05, 0) is 55.2 Å². The second-order valence-electron chi connectivity index (χ2n) is 7.18. The van der Waals surface area contributed by atoms with Gasteiger partial charge in [0.05, 0.1) is 5.41 Å². The highest BCUT2D eigenvalue weighted by atomic mass is 79.9. The Bertz CT molecular complexity index is 880. The van der Waals surface area contributed by atoms with Crippen LogP contribution in [0.5, 0.6) is 0 Å². The summed E-state index contributed by atoms with van der Waals surface area (Å²) in [7, 11) is 0. The zero-order valence-corrected chi connectivity index (χ0v) is 17.9. The number of benzene rings is 2. The maximum Gasteiger partial charge on any atom is 0.251 e. The summed E-state index contributed by atoms with van der Waals surface area (Å²) >= 11 is 3.43. The van der Waals surface area contributed by atoms with Gasteiger partial charge in [-0.15, -0.1) is 0 Å². The Balaban J connectivity index is 1.58. The normalized spacial score (nSPS) is 15.6. The average Bonchev–Trinajstić information content (AvgIpc) is 2.73. The van der Waals surface area contributed by atoms with Crippen molar-refractivity contribution in [2.24, 2.45) is 0 Å². The maximum atomic E-state index is 13.6. The summed E-state index contributed by atoms with van der Waals surface area (Å²) in [5.74, 6) is -0.854. The Labute approximate surface area is 178 Å². The molecule has 7 heteroatoms. The van der Waals surface area contributed by atoms with Crippen LogP contribution in [-0.2, 0) is 14.9 Å². The van der Waals surface area contributed by atoms with E-state index in [-0.39, 0.29) is 30.5 Å². The van der Waals surface area contributed by atoms with Gasteiger partial charge in [0.2, 0.25) is 5.91 Å². The minimum absolute atomic E-state index is 0.0706. The van der Waals surface area contributed by atoms with E-state index in [0.717, 1.165) is 10.0 Å². The highest BCUT2D eigenvalue weighted by Crippen LogP contribution is 2.35. The van der Waals surface area contributed by atoms with Crippen molar-refractivity contribution < 1.29 is 18.7 Å². The molecule has 2 aromatic carbocycles. The first-order chi connectivity index (χ1) is 13.9. The zero-order valence-electron chi connectivity index (χ0n) is 16.3. The van der Waals surface area contributed by atoms with Crippen LogP contribution in [0, 0.1) is 12.7 Å².